The standard InChI is InChI=1S/C21H23N3OS/c1-5-24-20(17-9-7-6-8-10-17)22-23-21(24)26-16(4)19(25)18-13-14(2)11-12-15(18)3/h6-13,16H,5H2,1-4H3. The minimum absolute atomic E-state index is 0.128. The molecule has 1 atom stereocenters. The zero-order valence-electron chi connectivity index (χ0n) is 15.6. The first-order valence-corrected chi connectivity index (χ1v) is 9.66. The molecular formula is C21H23N3OS. The fraction of sp³-hybridized carbons (Fsp3) is 0.286. The van der Waals surface area contributed by atoms with Crippen LogP contribution < -0.4 is 0 Å². The van der Waals surface area contributed by atoms with E-state index < -0.39 is 0 Å². The van der Waals surface area contributed by atoms with E-state index in [0.717, 1.165) is 39.8 Å². The van der Waals surface area contributed by atoms with E-state index in [1.807, 2.05) is 69.3 Å². The Morgan fingerprint density at radius 1 is 1.12 bits per heavy atom. The van der Waals surface area contributed by atoms with Crippen LogP contribution in [-0.4, -0.2) is 25.8 Å². The lowest BCUT2D eigenvalue weighted by atomic mass is 10.0. The number of Topliss-reactive ketones (excluding diaryl/α,β-unsaturated/α-hetero) is 1. The highest BCUT2D eigenvalue weighted by molar-refractivity contribution is 8.00. The molecule has 5 heteroatoms. The summed E-state index contributed by atoms with van der Waals surface area (Å²) in [7, 11) is 0. The van der Waals surface area contributed by atoms with Crippen LogP contribution in [0.3, 0.4) is 0 Å². The van der Waals surface area contributed by atoms with Crippen LogP contribution in [0.2, 0.25) is 0 Å². The molecule has 1 heterocycles. The first-order valence-electron chi connectivity index (χ1n) is 8.78. The third-order valence-electron chi connectivity index (χ3n) is 4.38. The fourth-order valence-corrected chi connectivity index (χ4v) is 3.87. The molecule has 134 valence electrons. The molecule has 0 bridgehead atoms. The summed E-state index contributed by atoms with van der Waals surface area (Å²) in [6.07, 6.45) is 0. The molecule has 3 rings (SSSR count). The van der Waals surface area contributed by atoms with E-state index in [9.17, 15) is 4.79 Å². The van der Waals surface area contributed by atoms with E-state index in [0.29, 0.717) is 0 Å². The number of ketones is 1. The third-order valence-corrected chi connectivity index (χ3v) is 5.46. The topological polar surface area (TPSA) is 47.8 Å². The quantitative estimate of drug-likeness (QED) is 0.458. The van der Waals surface area contributed by atoms with Crippen molar-refractivity contribution >= 4 is 17.5 Å². The predicted molar refractivity (Wildman–Crippen MR) is 107 cm³/mol. The molecule has 0 saturated carbocycles. The first kappa shape index (κ1) is 18.4. The summed E-state index contributed by atoms with van der Waals surface area (Å²) < 4.78 is 2.06. The number of carbonyl (C=O) groups excluding carboxylic acids is 1. The summed E-state index contributed by atoms with van der Waals surface area (Å²) in [5, 5.41) is 9.25. The van der Waals surface area contributed by atoms with Gasteiger partial charge in [0, 0.05) is 17.7 Å². The molecule has 0 aliphatic carbocycles. The Bertz CT molecular complexity index is 918. The number of rotatable bonds is 6. The van der Waals surface area contributed by atoms with E-state index in [-0.39, 0.29) is 11.0 Å². The van der Waals surface area contributed by atoms with Crippen LogP contribution in [0.15, 0.2) is 53.7 Å². The molecule has 0 spiro atoms. The number of carbonyl (C=O) groups is 1. The molecule has 3 aromatic rings. The summed E-state index contributed by atoms with van der Waals surface area (Å²) in [5.41, 5.74) is 3.92. The molecule has 1 aromatic heterocycles. The maximum atomic E-state index is 12.9. The summed E-state index contributed by atoms with van der Waals surface area (Å²) in [4.78, 5) is 12.9. The molecular weight excluding hydrogens is 342 g/mol. The normalized spacial score (nSPS) is 12.2. The average Bonchev–Trinajstić information content (AvgIpc) is 3.06. The lowest BCUT2D eigenvalue weighted by molar-refractivity contribution is 0.0993. The first-order chi connectivity index (χ1) is 12.5. The van der Waals surface area contributed by atoms with E-state index in [1.54, 1.807) is 0 Å². The van der Waals surface area contributed by atoms with Crippen molar-refractivity contribution in [2.24, 2.45) is 0 Å². The molecule has 0 saturated heterocycles. The zero-order chi connectivity index (χ0) is 18.7. The second kappa shape index (κ2) is 7.87. The van der Waals surface area contributed by atoms with Crippen molar-refractivity contribution in [3.63, 3.8) is 0 Å². The van der Waals surface area contributed by atoms with Crippen LogP contribution in [0.25, 0.3) is 11.4 Å². The van der Waals surface area contributed by atoms with Crippen LogP contribution in [0.1, 0.15) is 35.3 Å². The van der Waals surface area contributed by atoms with E-state index >= 15 is 0 Å². The number of aryl methyl sites for hydroxylation is 2. The largest absolute Gasteiger partial charge is 0.302 e. The molecule has 0 aliphatic rings. The van der Waals surface area contributed by atoms with Gasteiger partial charge in [0.25, 0.3) is 0 Å². The van der Waals surface area contributed by atoms with Crippen molar-refractivity contribution in [2.45, 2.75) is 44.6 Å². The Balaban J connectivity index is 1.86. The molecule has 0 amide bonds. The highest BCUT2D eigenvalue weighted by atomic mass is 32.2. The van der Waals surface area contributed by atoms with Crippen molar-refractivity contribution in [3.05, 3.63) is 65.2 Å². The van der Waals surface area contributed by atoms with Crippen LogP contribution in [0.4, 0.5) is 0 Å². The molecule has 0 radical (unpaired) electrons. The van der Waals surface area contributed by atoms with Crippen LogP contribution in [0.5, 0.6) is 0 Å². The monoisotopic (exact) mass is 365 g/mol. The number of hydrogen-bond acceptors (Lipinski definition) is 4. The van der Waals surface area contributed by atoms with E-state index in [4.69, 9.17) is 0 Å². The highest BCUT2D eigenvalue weighted by Crippen LogP contribution is 2.29. The Hall–Kier alpha value is -2.40. The minimum Gasteiger partial charge on any atom is -0.302 e. The SMILES string of the molecule is CCn1c(SC(C)C(=O)c2cc(C)ccc2C)nnc1-c1ccccc1. The third kappa shape index (κ3) is 3.73. The molecule has 2 aromatic carbocycles. The molecule has 0 N–H and O–H groups in total. The zero-order valence-corrected chi connectivity index (χ0v) is 16.4. The fourth-order valence-electron chi connectivity index (χ4n) is 2.89. The number of hydrogen-bond donors (Lipinski definition) is 0. The maximum Gasteiger partial charge on any atom is 0.192 e. The van der Waals surface area contributed by atoms with Crippen LogP contribution in [0, 0.1) is 13.8 Å². The van der Waals surface area contributed by atoms with Gasteiger partial charge in [0.2, 0.25) is 0 Å². The van der Waals surface area contributed by atoms with Gasteiger partial charge >= 0.3 is 0 Å². The highest BCUT2D eigenvalue weighted by Gasteiger charge is 2.22. The second-order valence-electron chi connectivity index (χ2n) is 6.36. The Kier molecular flexibility index (Phi) is 5.57. The molecule has 26 heavy (non-hydrogen) atoms. The number of thioether (sulfide) groups is 1. The minimum atomic E-state index is -0.228. The van der Waals surface area contributed by atoms with Gasteiger partial charge in [0.1, 0.15) is 0 Å². The van der Waals surface area contributed by atoms with Gasteiger partial charge in [-0.1, -0.05) is 59.8 Å². The van der Waals surface area contributed by atoms with Gasteiger partial charge in [-0.05, 0) is 39.3 Å². The van der Waals surface area contributed by atoms with Gasteiger partial charge < -0.3 is 4.57 Å². The smallest absolute Gasteiger partial charge is 0.192 e. The van der Waals surface area contributed by atoms with Crippen molar-refractivity contribution in [1.29, 1.82) is 0 Å². The Morgan fingerprint density at radius 3 is 2.54 bits per heavy atom. The second-order valence-corrected chi connectivity index (χ2v) is 7.67. The van der Waals surface area contributed by atoms with Crippen molar-refractivity contribution < 1.29 is 4.79 Å². The van der Waals surface area contributed by atoms with Gasteiger partial charge in [-0.25, -0.2) is 0 Å². The number of nitrogens with zero attached hydrogens (tertiary/aromatic N) is 3. The van der Waals surface area contributed by atoms with Gasteiger partial charge in [0.05, 0.1) is 5.25 Å². The number of aromatic nitrogens is 3. The summed E-state index contributed by atoms with van der Waals surface area (Å²) >= 11 is 1.47. The lowest BCUT2D eigenvalue weighted by Crippen LogP contribution is -2.16. The number of benzene rings is 2. The van der Waals surface area contributed by atoms with E-state index in [2.05, 4.69) is 21.7 Å². The van der Waals surface area contributed by atoms with Crippen molar-refractivity contribution in [1.82, 2.24) is 14.8 Å². The van der Waals surface area contributed by atoms with Crippen molar-refractivity contribution in [2.75, 3.05) is 0 Å². The molecule has 0 aliphatic heterocycles. The van der Waals surface area contributed by atoms with Gasteiger partial charge in [0.15, 0.2) is 16.8 Å². The Labute approximate surface area is 158 Å². The molecule has 1 unspecified atom stereocenters. The Morgan fingerprint density at radius 2 is 1.85 bits per heavy atom. The summed E-state index contributed by atoms with van der Waals surface area (Å²) in [5.74, 6) is 0.963. The average molecular weight is 366 g/mol. The van der Waals surface area contributed by atoms with Crippen LogP contribution in [-0.2, 0) is 6.54 Å². The van der Waals surface area contributed by atoms with Gasteiger partial charge in [-0.2, -0.15) is 0 Å². The van der Waals surface area contributed by atoms with Gasteiger partial charge in [-0.15, -0.1) is 10.2 Å². The van der Waals surface area contributed by atoms with Gasteiger partial charge in [-0.3, -0.25) is 4.79 Å². The molecule has 0 fully saturated rings. The molecule has 4 nitrogen and oxygen atoms in total. The predicted octanol–water partition coefficient (Wildman–Crippen LogP) is 4.95. The maximum absolute atomic E-state index is 12.9. The lowest BCUT2D eigenvalue weighted by Gasteiger charge is -2.13. The summed E-state index contributed by atoms with van der Waals surface area (Å²) in [6, 6.07) is 16.0. The van der Waals surface area contributed by atoms with Crippen molar-refractivity contribution in [3.8, 4) is 11.4 Å². The summed E-state index contributed by atoms with van der Waals surface area (Å²) in [6.45, 7) is 8.74. The van der Waals surface area contributed by atoms with E-state index in [1.165, 1.54) is 11.8 Å². The van der Waals surface area contributed by atoms with Crippen LogP contribution >= 0.6 is 11.8 Å².